The van der Waals surface area contributed by atoms with Crippen molar-refractivity contribution in [3.63, 3.8) is 0 Å². The third-order valence-electron chi connectivity index (χ3n) is 1.91. The first-order valence-corrected chi connectivity index (χ1v) is 4.02. The van der Waals surface area contributed by atoms with Crippen LogP contribution in [0, 0.1) is 0 Å². The molecule has 1 aliphatic rings. The molecule has 1 amide bonds. The van der Waals surface area contributed by atoms with Gasteiger partial charge < -0.3 is 9.74 Å². The molecule has 0 unspecified atom stereocenters. The Labute approximate surface area is 72.3 Å². The first-order chi connectivity index (χ1) is 5.74. The van der Waals surface area contributed by atoms with Gasteiger partial charge in [0.25, 0.3) is 0 Å². The van der Waals surface area contributed by atoms with E-state index < -0.39 is 0 Å². The van der Waals surface area contributed by atoms with Crippen LogP contribution in [0.5, 0.6) is 0 Å². The lowest BCUT2D eigenvalue weighted by molar-refractivity contribution is -0.147. The molecular weight excluding hydrogens is 156 g/mol. The van der Waals surface area contributed by atoms with Crippen molar-refractivity contribution in [3.8, 4) is 0 Å². The van der Waals surface area contributed by atoms with Gasteiger partial charge in [0, 0.05) is 20.0 Å². The van der Waals surface area contributed by atoms with E-state index in [4.69, 9.17) is 4.84 Å². The maximum Gasteiger partial charge on any atom is 0.219 e. The van der Waals surface area contributed by atoms with Crippen molar-refractivity contribution >= 4 is 5.91 Å². The number of nitrogens with zero attached hydrogens (tertiary/aromatic N) is 2. The Kier molecular flexibility index (Phi) is 3.10. The molecule has 0 aromatic heterocycles. The Hall–Kier alpha value is -1.03. The van der Waals surface area contributed by atoms with E-state index in [1.54, 1.807) is 12.0 Å². The summed E-state index contributed by atoms with van der Waals surface area (Å²) < 4.78 is 0. The van der Waals surface area contributed by atoms with Crippen LogP contribution in [0.25, 0.3) is 0 Å². The van der Waals surface area contributed by atoms with E-state index >= 15 is 0 Å². The molecular formula is C8H14N2O2. The summed E-state index contributed by atoms with van der Waals surface area (Å²) in [5.41, 5.74) is 0. The zero-order valence-corrected chi connectivity index (χ0v) is 7.32. The monoisotopic (exact) mass is 170 g/mol. The summed E-state index contributed by atoms with van der Waals surface area (Å²) in [6.45, 7) is 8.04. The molecule has 0 aromatic rings. The van der Waals surface area contributed by atoms with E-state index in [9.17, 15) is 4.79 Å². The normalized spacial score (nSPS) is 18.9. The smallest absolute Gasteiger partial charge is 0.219 e. The first kappa shape index (κ1) is 9.06. The number of carbonyl (C=O) groups is 1. The maximum atomic E-state index is 10.9. The molecule has 0 atom stereocenters. The lowest BCUT2D eigenvalue weighted by Gasteiger charge is -2.32. The highest BCUT2D eigenvalue weighted by atomic mass is 16.7. The number of hydrogen-bond donors (Lipinski definition) is 0. The molecule has 68 valence electrons. The minimum atomic E-state index is 0.133. The van der Waals surface area contributed by atoms with Crippen LogP contribution in [-0.2, 0) is 9.63 Å². The zero-order valence-electron chi connectivity index (χ0n) is 7.32. The van der Waals surface area contributed by atoms with Gasteiger partial charge in [0.1, 0.15) is 6.26 Å². The van der Waals surface area contributed by atoms with Crippen molar-refractivity contribution in [1.29, 1.82) is 0 Å². The van der Waals surface area contributed by atoms with Crippen molar-refractivity contribution in [2.45, 2.75) is 6.92 Å². The molecule has 4 nitrogen and oxygen atoms in total. The van der Waals surface area contributed by atoms with Gasteiger partial charge in [-0.1, -0.05) is 6.58 Å². The van der Waals surface area contributed by atoms with Crippen molar-refractivity contribution in [1.82, 2.24) is 9.96 Å². The summed E-state index contributed by atoms with van der Waals surface area (Å²) in [4.78, 5) is 17.8. The molecule has 1 aliphatic heterocycles. The van der Waals surface area contributed by atoms with E-state index in [1.807, 2.05) is 4.90 Å². The highest BCUT2D eigenvalue weighted by Gasteiger charge is 2.18. The lowest BCUT2D eigenvalue weighted by Crippen LogP contribution is -2.47. The Morgan fingerprint density at radius 1 is 1.42 bits per heavy atom. The van der Waals surface area contributed by atoms with Crippen LogP contribution in [0.1, 0.15) is 6.92 Å². The van der Waals surface area contributed by atoms with Gasteiger partial charge in [0.05, 0.1) is 13.1 Å². The van der Waals surface area contributed by atoms with Gasteiger partial charge in [-0.15, -0.1) is 5.06 Å². The summed E-state index contributed by atoms with van der Waals surface area (Å²) >= 11 is 0. The zero-order chi connectivity index (χ0) is 8.97. The first-order valence-electron chi connectivity index (χ1n) is 4.02. The predicted molar refractivity (Wildman–Crippen MR) is 45.1 cm³/mol. The highest BCUT2D eigenvalue weighted by Crippen LogP contribution is 2.01. The lowest BCUT2D eigenvalue weighted by atomic mass is 10.3. The van der Waals surface area contributed by atoms with Crippen LogP contribution >= 0.6 is 0 Å². The quantitative estimate of drug-likeness (QED) is 0.556. The van der Waals surface area contributed by atoms with Crippen molar-refractivity contribution in [2.75, 3.05) is 26.2 Å². The molecule has 0 N–H and O–H groups in total. The Bertz CT molecular complexity index is 174. The topological polar surface area (TPSA) is 32.8 Å². The molecule has 0 spiro atoms. The molecule has 4 heteroatoms. The van der Waals surface area contributed by atoms with Gasteiger partial charge in [-0.2, -0.15) is 0 Å². The highest BCUT2D eigenvalue weighted by molar-refractivity contribution is 5.73. The number of piperazine rings is 1. The van der Waals surface area contributed by atoms with Crippen LogP contribution in [0.3, 0.4) is 0 Å². The minimum Gasteiger partial charge on any atom is -0.414 e. The van der Waals surface area contributed by atoms with Crippen LogP contribution in [-0.4, -0.2) is 42.0 Å². The molecule has 1 heterocycles. The van der Waals surface area contributed by atoms with E-state index in [0.29, 0.717) is 0 Å². The Morgan fingerprint density at radius 2 is 2.00 bits per heavy atom. The van der Waals surface area contributed by atoms with Gasteiger partial charge in [-0.25, -0.2) is 0 Å². The third-order valence-corrected chi connectivity index (χ3v) is 1.91. The standard InChI is InChI=1S/C8H14N2O2/c1-3-12-10-6-4-9(5-7-10)8(2)11/h3H,1,4-7H2,2H3. The van der Waals surface area contributed by atoms with Crippen LogP contribution in [0.2, 0.25) is 0 Å². The molecule has 0 bridgehead atoms. The van der Waals surface area contributed by atoms with E-state index in [1.165, 1.54) is 6.26 Å². The SMILES string of the molecule is C=CON1CCN(C(C)=O)CC1. The summed E-state index contributed by atoms with van der Waals surface area (Å²) in [7, 11) is 0. The second-order valence-electron chi connectivity index (χ2n) is 2.71. The Morgan fingerprint density at radius 3 is 2.42 bits per heavy atom. The average Bonchev–Trinajstić information content (AvgIpc) is 2.06. The van der Waals surface area contributed by atoms with Crippen LogP contribution in [0.4, 0.5) is 0 Å². The van der Waals surface area contributed by atoms with Gasteiger partial charge >= 0.3 is 0 Å². The minimum absolute atomic E-state index is 0.133. The van der Waals surface area contributed by atoms with Gasteiger partial charge in [0.15, 0.2) is 0 Å². The third kappa shape index (κ3) is 2.23. The maximum absolute atomic E-state index is 10.9. The second-order valence-corrected chi connectivity index (χ2v) is 2.71. The summed E-state index contributed by atoms with van der Waals surface area (Å²) in [5.74, 6) is 0.133. The van der Waals surface area contributed by atoms with Crippen LogP contribution in [0.15, 0.2) is 12.8 Å². The summed E-state index contributed by atoms with van der Waals surface area (Å²) in [5, 5.41) is 1.80. The molecule has 0 aromatic carbocycles. The van der Waals surface area contributed by atoms with E-state index in [-0.39, 0.29) is 5.91 Å². The van der Waals surface area contributed by atoms with Crippen molar-refractivity contribution < 1.29 is 9.63 Å². The fourth-order valence-electron chi connectivity index (χ4n) is 1.21. The number of hydrogen-bond acceptors (Lipinski definition) is 3. The van der Waals surface area contributed by atoms with Gasteiger partial charge in [-0.3, -0.25) is 4.79 Å². The largest absolute Gasteiger partial charge is 0.414 e. The summed E-state index contributed by atoms with van der Waals surface area (Å²) in [6, 6.07) is 0. The fourth-order valence-corrected chi connectivity index (χ4v) is 1.21. The molecule has 12 heavy (non-hydrogen) atoms. The van der Waals surface area contributed by atoms with Gasteiger partial charge in [0.2, 0.25) is 5.91 Å². The number of hydroxylamine groups is 2. The van der Waals surface area contributed by atoms with Crippen LogP contribution < -0.4 is 0 Å². The van der Waals surface area contributed by atoms with Crippen molar-refractivity contribution in [2.24, 2.45) is 0 Å². The number of rotatable bonds is 2. The molecule has 1 fully saturated rings. The molecule has 1 saturated heterocycles. The van der Waals surface area contributed by atoms with Gasteiger partial charge in [-0.05, 0) is 0 Å². The molecule has 0 saturated carbocycles. The predicted octanol–water partition coefficient (Wildman–Crippen LogP) is 0.226. The number of amides is 1. The molecule has 0 aliphatic carbocycles. The van der Waals surface area contributed by atoms with E-state index in [2.05, 4.69) is 6.58 Å². The van der Waals surface area contributed by atoms with Crippen molar-refractivity contribution in [3.05, 3.63) is 12.8 Å². The summed E-state index contributed by atoms with van der Waals surface area (Å²) in [6.07, 6.45) is 1.41. The fraction of sp³-hybridized carbons (Fsp3) is 0.625. The Balaban J connectivity index is 2.29. The average molecular weight is 170 g/mol. The molecule has 1 rings (SSSR count). The number of carbonyl (C=O) groups excluding carboxylic acids is 1. The van der Waals surface area contributed by atoms with E-state index in [0.717, 1.165) is 26.2 Å². The molecule has 0 radical (unpaired) electrons. The second kappa shape index (κ2) is 4.11.